The molecule has 192 valence electrons. The van der Waals surface area contributed by atoms with Gasteiger partial charge in [0.15, 0.2) is 5.75 Å². The first-order chi connectivity index (χ1) is 16.8. The van der Waals surface area contributed by atoms with Crippen molar-refractivity contribution < 1.29 is 4.74 Å². The zero-order valence-electron chi connectivity index (χ0n) is 22.4. The van der Waals surface area contributed by atoms with E-state index in [-0.39, 0.29) is 0 Å². The van der Waals surface area contributed by atoms with Crippen molar-refractivity contribution in [1.82, 2.24) is 9.97 Å². The van der Waals surface area contributed by atoms with E-state index in [2.05, 4.69) is 23.8 Å². The van der Waals surface area contributed by atoms with Crippen molar-refractivity contribution in [2.24, 2.45) is 29.6 Å². The fourth-order valence-electron chi connectivity index (χ4n) is 7.51. The highest BCUT2D eigenvalue weighted by molar-refractivity contribution is 5.14. The van der Waals surface area contributed by atoms with E-state index in [1.54, 1.807) is 12.8 Å². The molecule has 0 bridgehead atoms. The average molecular weight is 469 g/mol. The number of hydrogen-bond donors (Lipinski definition) is 0. The number of nitrogens with zero attached hydrogens (tertiary/aromatic N) is 2. The summed E-state index contributed by atoms with van der Waals surface area (Å²) in [5.74, 6) is 7.57. The molecule has 3 nitrogen and oxygen atoms in total. The van der Waals surface area contributed by atoms with Crippen LogP contribution in [0.5, 0.6) is 5.75 Å². The molecule has 0 atom stereocenters. The van der Waals surface area contributed by atoms with Crippen LogP contribution in [0.2, 0.25) is 0 Å². The van der Waals surface area contributed by atoms with E-state index in [0.717, 1.165) is 60.6 Å². The molecular weight excluding hydrogens is 416 g/mol. The molecule has 0 aliphatic heterocycles. The molecule has 0 aromatic carbocycles. The molecule has 0 radical (unpaired) electrons. The number of ether oxygens (including phenoxy) is 1. The Morgan fingerprint density at radius 2 is 1.15 bits per heavy atom. The van der Waals surface area contributed by atoms with Crippen molar-refractivity contribution in [1.29, 1.82) is 0 Å². The Labute approximate surface area is 210 Å². The quantitative estimate of drug-likeness (QED) is 0.304. The van der Waals surface area contributed by atoms with Crippen molar-refractivity contribution in [3.05, 3.63) is 18.2 Å². The molecule has 3 aliphatic rings. The highest BCUT2D eigenvalue weighted by Gasteiger charge is 2.35. The maximum atomic E-state index is 5.74. The van der Waals surface area contributed by atoms with Crippen LogP contribution >= 0.6 is 0 Å². The Morgan fingerprint density at radius 3 is 1.68 bits per heavy atom. The van der Waals surface area contributed by atoms with Crippen molar-refractivity contribution in [2.45, 2.75) is 135 Å². The highest BCUT2D eigenvalue weighted by Crippen LogP contribution is 2.47. The number of rotatable bonds is 11. The molecule has 0 N–H and O–H groups in total. The van der Waals surface area contributed by atoms with Crippen LogP contribution in [0.3, 0.4) is 0 Å². The van der Waals surface area contributed by atoms with Gasteiger partial charge in [-0.3, -0.25) is 0 Å². The molecule has 3 heteroatoms. The predicted molar refractivity (Wildman–Crippen MR) is 142 cm³/mol. The van der Waals surface area contributed by atoms with Crippen LogP contribution in [0.15, 0.2) is 12.4 Å². The molecule has 3 aliphatic carbocycles. The van der Waals surface area contributed by atoms with E-state index >= 15 is 0 Å². The molecule has 3 fully saturated rings. The number of aromatic nitrogens is 2. The van der Waals surface area contributed by atoms with E-state index in [1.807, 2.05) is 12.4 Å². The maximum absolute atomic E-state index is 5.74. The van der Waals surface area contributed by atoms with Crippen molar-refractivity contribution >= 4 is 0 Å². The molecule has 0 unspecified atom stereocenters. The second-order valence-electron chi connectivity index (χ2n) is 12.0. The topological polar surface area (TPSA) is 35.0 Å². The van der Waals surface area contributed by atoms with Crippen LogP contribution in [-0.2, 0) is 0 Å². The summed E-state index contributed by atoms with van der Waals surface area (Å²) in [5, 5.41) is 0. The maximum Gasteiger partial charge on any atom is 0.155 e. The Balaban J connectivity index is 1.13. The monoisotopic (exact) mass is 468 g/mol. The van der Waals surface area contributed by atoms with Gasteiger partial charge in [0, 0.05) is 5.92 Å². The summed E-state index contributed by atoms with van der Waals surface area (Å²) in [4.78, 5) is 9.34. The minimum Gasteiger partial charge on any atom is -0.490 e. The summed E-state index contributed by atoms with van der Waals surface area (Å²) in [6.07, 6.45) is 29.4. The van der Waals surface area contributed by atoms with Crippen molar-refractivity contribution in [3.63, 3.8) is 0 Å². The molecule has 1 heterocycles. The summed E-state index contributed by atoms with van der Waals surface area (Å²) >= 11 is 0. The third kappa shape index (κ3) is 7.44. The summed E-state index contributed by atoms with van der Waals surface area (Å²) in [6, 6.07) is 0. The lowest BCUT2D eigenvalue weighted by atomic mass is 9.65. The second-order valence-corrected chi connectivity index (χ2v) is 12.0. The number of unbranched alkanes of at least 4 members (excludes halogenated alkanes) is 3. The molecule has 34 heavy (non-hydrogen) atoms. The van der Waals surface area contributed by atoms with Gasteiger partial charge in [-0.25, -0.2) is 9.97 Å². The Hall–Kier alpha value is -1.12. The lowest BCUT2D eigenvalue weighted by Gasteiger charge is -2.41. The SMILES string of the molecule is CCCCC[C@H]1CC[C@H]([C@H]2CC[C@H]([C@H]3CC[C@H](c4ncc(OCCCC)cn4)CC3)CC2)CC1. The van der Waals surface area contributed by atoms with Gasteiger partial charge in [0.1, 0.15) is 5.82 Å². The summed E-state index contributed by atoms with van der Waals surface area (Å²) in [6.45, 7) is 5.29. The summed E-state index contributed by atoms with van der Waals surface area (Å²) < 4.78 is 5.74. The molecule has 0 saturated heterocycles. The van der Waals surface area contributed by atoms with E-state index in [1.165, 1.54) is 89.9 Å². The smallest absolute Gasteiger partial charge is 0.155 e. The molecule has 1 aromatic heterocycles. The summed E-state index contributed by atoms with van der Waals surface area (Å²) in [5.41, 5.74) is 0. The first-order valence-electron chi connectivity index (χ1n) is 15.2. The average Bonchev–Trinajstić information content (AvgIpc) is 2.90. The van der Waals surface area contributed by atoms with Crippen LogP contribution in [-0.4, -0.2) is 16.6 Å². The van der Waals surface area contributed by atoms with E-state index < -0.39 is 0 Å². The van der Waals surface area contributed by atoms with E-state index in [0.29, 0.717) is 5.92 Å². The zero-order chi connectivity index (χ0) is 23.6. The minimum absolute atomic E-state index is 0.560. The van der Waals surface area contributed by atoms with Gasteiger partial charge in [-0.15, -0.1) is 0 Å². The third-order valence-electron chi connectivity index (χ3n) is 9.81. The Bertz CT molecular complexity index is 665. The Kier molecular flexibility index (Phi) is 10.6. The lowest BCUT2D eigenvalue weighted by Crippen LogP contribution is -2.29. The van der Waals surface area contributed by atoms with Crippen LogP contribution in [0, 0.1) is 29.6 Å². The van der Waals surface area contributed by atoms with Crippen molar-refractivity contribution in [3.8, 4) is 5.75 Å². The standard InChI is InChI=1S/C31H52N2O/c1-3-5-7-8-24-9-11-25(12-10-24)26-13-15-27(16-14-26)28-17-19-29(20-18-28)31-32-22-30(23-33-31)34-21-6-4-2/h22-29H,3-21H2,1-2H3/t24-,25-,26-,27-,28-,29-. The zero-order valence-corrected chi connectivity index (χ0v) is 22.4. The van der Waals surface area contributed by atoms with Crippen LogP contribution < -0.4 is 4.74 Å². The fourth-order valence-corrected chi connectivity index (χ4v) is 7.51. The largest absolute Gasteiger partial charge is 0.490 e. The van der Waals surface area contributed by atoms with Gasteiger partial charge in [0.25, 0.3) is 0 Å². The van der Waals surface area contributed by atoms with Gasteiger partial charge >= 0.3 is 0 Å². The van der Waals surface area contributed by atoms with Gasteiger partial charge in [0.05, 0.1) is 19.0 Å². The van der Waals surface area contributed by atoms with E-state index in [9.17, 15) is 0 Å². The minimum atomic E-state index is 0.560. The van der Waals surface area contributed by atoms with E-state index in [4.69, 9.17) is 4.74 Å². The fraction of sp³-hybridized carbons (Fsp3) is 0.871. The van der Waals surface area contributed by atoms with Crippen LogP contribution in [0.4, 0.5) is 0 Å². The molecule has 3 saturated carbocycles. The Morgan fingerprint density at radius 1 is 0.647 bits per heavy atom. The van der Waals surface area contributed by atoms with Gasteiger partial charge < -0.3 is 4.74 Å². The van der Waals surface area contributed by atoms with Crippen molar-refractivity contribution in [2.75, 3.05) is 6.61 Å². The van der Waals surface area contributed by atoms with Gasteiger partial charge in [-0.2, -0.15) is 0 Å². The van der Waals surface area contributed by atoms with Gasteiger partial charge in [-0.05, 0) is 100 Å². The van der Waals surface area contributed by atoms with Gasteiger partial charge in [0.2, 0.25) is 0 Å². The third-order valence-corrected chi connectivity index (χ3v) is 9.81. The molecule has 1 aromatic rings. The molecular formula is C31H52N2O. The number of hydrogen-bond acceptors (Lipinski definition) is 3. The first kappa shape index (κ1) is 26.0. The highest BCUT2D eigenvalue weighted by atomic mass is 16.5. The summed E-state index contributed by atoms with van der Waals surface area (Å²) in [7, 11) is 0. The van der Waals surface area contributed by atoms with Crippen LogP contribution in [0.1, 0.15) is 141 Å². The lowest BCUT2D eigenvalue weighted by molar-refractivity contribution is 0.108. The molecule has 0 spiro atoms. The second kappa shape index (κ2) is 13.8. The van der Waals surface area contributed by atoms with Gasteiger partial charge in [-0.1, -0.05) is 58.8 Å². The first-order valence-corrected chi connectivity index (χ1v) is 15.2. The van der Waals surface area contributed by atoms with Crippen LogP contribution in [0.25, 0.3) is 0 Å². The molecule has 4 rings (SSSR count). The predicted octanol–water partition coefficient (Wildman–Crippen LogP) is 9.12. The normalized spacial score (nSPS) is 32.4. The molecule has 0 amide bonds.